The van der Waals surface area contributed by atoms with E-state index < -0.39 is 0 Å². The van der Waals surface area contributed by atoms with Gasteiger partial charge in [-0.05, 0) is 36.8 Å². The van der Waals surface area contributed by atoms with Crippen molar-refractivity contribution in [3.8, 4) is 11.5 Å². The van der Waals surface area contributed by atoms with Crippen molar-refractivity contribution in [3.05, 3.63) is 61.9 Å². The number of halogens is 1. The second-order valence-electron chi connectivity index (χ2n) is 5.59. The largest absolute Gasteiger partial charge is 0.493 e. The first kappa shape index (κ1) is 16.9. The van der Waals surface area contributed by atoms with Gasteiger partial charge in [0.25, 0.3) is 5.56 Å². The molecule has 5 nitrogen and oxygen atoms in total. The second kappa shape index (κ2) is 6.63. The van der Waals surface area contributed by atoms with Gasteiger partial charge in [-0.2, -0.15) is 0 Å². The lowest BCUT2D eigenvalue weighted by Gasteiger charge is -2.11. The number of methoxy groups -OCH3 is 1. The lowest BCUT2D eigenvalue weighted by Crippen LogP contribution is -2.22. The number of hydrogen-bond donors (Lipinski definition) is 0. The molecule has 0 atom stereocenters. The maximum Gasteiger partial charge on any atom is 0.274 e. The zero-order chi connectivity index (χ0) is 18.3. The molecule has 0 amide bonds. The van der Waals surface area contributed by atoms with Gasteiger partial charge >= 0.3 is 0 Å². The molecule has 2 aromatic heterocycles. The minimum Gasteiger partial charge on any atom is -0.493 e. The summed E-state index contributed by atoms with van der Waals surface area (Å²) in [5.74, 6) is 1.15. The third kappa shape index (κ3) is 2.71. The molecular weight excluding hydrogens is 372 g/mol. The van der Waals surface area contributed by atoms with Gasteiger partial charge in [0.05, 0.1) is 34.3 Å². The Balaban J connectivity index is 1.91. The number of imidazole rings is 1. The number of thiazole rings is 1. The maximum absolute atomic E-state index is 12.8. The Labute approximate surface area is 158 Å². The van der Waals surface area contributed by atoms with E-state index in [1.165, 1.54) is 11.3 Å². The summed E-state index contributed by atoms with van der Waals surface area (Å²) in [4.78, 5) is 18.0. The SMILES string of the molecule is CCOc1cc(Cl)c(/C=c2\sc3nc4ccccc4n3c2=O)cc1OC. The first-order valence-electron chi connectivity index (χ1n) is 8.04. The summed E-state index contributed by atoms with van der Waals surface area (Å²) in [7, 11) is 1.57. The van der Waals surface area contributed by atoms with Gasteiger partial charge in [0, 0.05) is 6.07 Å². The fraction of sp³-hybridized carbons (Fsp3) is 0.158. The Bertz CT molecular complexity index is 1230. The smallest absolute Gasteiger partial charge is 0.274 e. The molecule has 0 saturated heterocycles. The zero-order valence-corrected chi connectivity index (χ0v) is 15.7. The summed E-state index contributed by atoms with van der Waals surface area (Å²) in [6.45, 7) is 2.40. The summed E-state index contributed by atoms with van der Waals surface area (Å²) in [5.41, 5.74) is 2.20. The normalized spacial score (nSPS) is 12.2. The van der Waals surface area contributed by atoms with Crippen LogP contribution in [-0.2, 0) is 0 Å². The molecule has 0 N–H and O–H groups in total. The van der Waals surface area contributed by atoms with Gasteiger partial charge in [-0.3, -0.25) is 4.79 Å². The molecule has 0 unspecified atom stereocenters. The Kier molecular flexibility index (Phi) is 4.30. The maximum atomic E-state index is 12.8. The molecule has 4 rings (SSSR count). The van der Waals surface area contributed by atoms with Crippen LogP contribution in [0.25, 0.3) is 22.1 Å². The zero-order valence-electron chi connectivity index (χ0n) is 14.2. The quantitative estimate of drug-likeness (QED) is 0.538. The van der Waals surface area contributed by atoms with Crippen LogP contribution < -0.4 is 19.6 Å². The van der Waals surface area contributed by atoms with Crippen LogP contribution in [0, 0.1) is 0 Å². The van der Waals surface area contributed by atoms with Crippen LogP contribution in [0.2, 0.25) is 5.02 Å². The van der Waals surface area contributed by atoms with E-state index in [1.54, 1.807) is 29.7 Å². The van der Waals surface area contributed by atoms with Crippen molar-refractivity contribution in [1.82, 2.24) is 9.38 Å². The van der Waals surface area contributed by atoms with Crippen LogP contribution in [0.3, 0.4) is 0 Å². The van der Waals surface area contributed by atoms with Crippen LogP contribution in [0.4, 0.5) is 0 Å². The number of nitrogens with zero attached hydrogens (tertiary/aromatic N) is 2. The Morgan fingerprint density at radius 1 is 1.27 bits per heavy atom. The van der Waals surface area contributed by atoms with Crippen LogP contribution in [0.15, 0.2) is 41.2 Å². The molecule has 4 aromatic rings. The summed E-state index contributed by atoms with van der Waals surface area (Å²) >= 11 is 7.71. The number of rotatable bonds is 4. The minimum atomic E-state index is -0.109. The molecular formula is C19H15ClN2O3S. The van der Waals surface area contributed by atoms with E-state index in [-0.39, 0.29) is 5.56 Å². The molecule has 0 aliphatic heterocycles. The predicted octanol–water partition coefficient (Wildman–Crippen LogP) is 3.52. The Morgan fingerprint density at radius 3 is 2.85 bits per heavy atom. The van der Waals surface area contributed by atoms with Crippen LogP contribution in [0.1, 0.15) is 12.5 Å². The van der Waals surface area contributed by atoms with E-state index in [2.05, 4.69) is 4.98 Å². The van der Waals surface area contributed by atoms with E-state index in [0.29, 0.717) is 38.2 Å². The lowest BCUT2D eigenvalue weighted by atomic mass is 10.2. The number of hydrogen-bond acceptors (Lipinski definition) is 5. The number of aromatic nitrogens is 2. The average molecular weight is 387 g/mol. The molecule has 26 heavy (non-hydrogen) atoms. The van der Waals surface area contributed by atoms with Crippen molar-refractivity contribution in [1.29, 1.82) is 0 Å². The topological polar surface area (TPSA) is 52.8 Å². The van der Waals surface area contributed by atoms with E-state index in [0.717, 1.165) is 11.0 Å². The minimum absolute atomic E-state index is 0.109. The van der Waals surface area contributed by atoms with Crippen molar-refractivity contribution in [2.45, 2.75) is 6.92 Å². The highest BCUT2D eigenvalue weighted by atomic mass is 35.5. The second-order valence-corrected chi connectivity index (χ2v) is 7.01. The van der Waals surface area contributed by atoms with E-state index in [4.69, 9.17) is 21.1 Å². The lowest BCUT2D eigenvalue weighted by molar-refractivity contribution is 0.311. The fourth-order valence-electron chi connectivity index (χ4n) is 2.84. The van der Waals surface area contributed by atoms with Gasteiger partial charge in [-0.15, -0.1) is 0 Å². The molecule has 2 aromatic carbocycles. The van der Waals surface area contributed by atoms with Gasteiger partial charge in [0.1, 0.15) is 0 Å². The van der Waals surface area contributed by atoms with Gasteiger partial charge < -0.3 is 9.47 Å². The Morgan fingerprint density at radius 2 is 2.08 bits per heavy atom. The van der Waals surface area contributed by atoms with Gasteiger partial charge in [-0.1, -0.05) is 35.1 Å². The molecule has 0 radical (unpaired) electrons. The molecule has 0 spiro atoms. The monoisotopic (exact) mass is 386 g/mol. The highest BCUT2D eigenvalue weighted by molar-refractivity contribution is 7.15. The van der Waals surface area contributed by atoms with Gasteiger partial charge in [0.2, 0.25) is 0 Å². The van der Waals surface area contributed by atoms with Gasteiger partial charge in [-0.25, -0.2) is 9.38 Å². The van der Waals surface area contributed by atoms with Crippen LogP contribution in [0.5, 0.6) is 11.5 Å². The first-order chi connectivity index (χ1) is 12.6. The fourth-order valence-corrected chi connectivity index (χ4v) is 4.03. The highest BCUT2D eigenvalue weighted by Gasteiger charge is 2.13. The van der Waals surface area contributed by atoms with E-state index in [9.17, 15) is 4.79 Å². The van der Waals surface area contributed by atoms with E-state index in [1.807, 2.05) is 31.2 Å². The van der Waals surface area contributed by atoms with Crippen LogP contribution in [-0.4, -0.2) is 23.1 Å². The number of benzene rings is 2. The Hall–Kier alpha value is -2.57. The van der Waals surface area contributed by atoms with Crippen molar-refractivity contribution in [2.24, 2.45) is 0 Å². The summed E-state index contributed by atoms with van der Waals surface area (Å²) in [6, 6.07) is 11.1. The molecule has 132 valence electrons. The highest BCUT2D eigenvalue weighted by Crippen LogP contribution is 2.33. The molecule has 0 fully saturated rings. The third-order valence-corrected chi connectivity index (χ3v) is 5.31. The van der Waals surface area contributed by atoms with Crippen molar-refractivity contribution in [3.63, 3.8) is 0 Å². The van der Waals surface area contributed by atoms with Crippen molar-refractivity contribution in [2.75, 3.05) is 13.7 Å². The molecule has 2 heterocycles. The first-order valence-corrected chi connectivity index (χ1v) is 9.24. The predicted molar refractivity (Wildman–Crippen MR) is 105 cm³/mol. The van der Waals surface area contributed by atoms with Crippen LogP contribution >= 0.6 is 22.9 Å². The summed E-state index contributed by atoms with van der Waals surface area (Å²) < 4.78 is 13.1. The summed E-state index contributed by atoms with van der Waals surface area (Å²) in [5, 5.41) is 0.490. The molecule has 0 aliphatic carbocycles. The number of fused-ring (bicyclic) bond motifs is 3. The summed E-state index contributed by atoms with van der Waals surface area (Å²) in [6.07, 6.45) is 1.76. The standard InChI is InChI=1S/C19H15ClN2O3S/c1-3-25-16-10-12(20)11(8-15(16)24-2)9-17-18(23)22-14-7-5-4-6-13(14)21-19(22)26-17/h4-10H,3H2,1-2H3/b17-9-. The molecule has 0 saturated carbocycles. The molecule has 7 heteroatoms. The number of ether oxygens (including phenoxy) is 2. The molecule has 0 bridgehead atoms. The van der Waals surface area contributed by atoms with E-state index >= 15 is 0 Å². The number of para-hydroxylation sites is 2. The third-order valence-electron chi connectivity index (χ3n) is 4.01. The van der Waals surface area contributed by atoms with Gasteiger partial charge in [0.15, 0.2) is 16.5 Å². The van der Waals surface area contributed by atoms with Crippen molar-refractivity contribution >= 4 is 45.0 Å². The van der Waals surface area contributed by atoms with Crippen molar-refractivity contribution < 1.29 is 9.47 Å². The molecule has 0 aliphatic rings. The average Bonchev–Trinajstić information content (AvgIpc) is 3.14.